The minimum Gasteiger partial charge on any atom is -0.490 e. The molecule has 0 saturated heterocycles. The summed E-state index contributed by atoms with van der Waals surface area (Å²) in [5.41, 5.74) is 0.512. The molecule has 0 radical (unpaired) electrons. The quantitative estimate of drug-likeness (QED) is 0.740. The molecular weight excluding hydrogens is 324 g/mol. The molecule has 0 aliphatic heterocycles. The predicted octanol–water partition coefficient (Wildman–Crippen LogP) is 4.49. The normalized spacial score (nSPS) is 14.8. The summed E-state index contributed by atoms with van der Waals surface area (Å²) in [4.78, 5) is 14.4. The second-order valence-corrected chi connectivity index (χ2v) is 6.26. The van der Waals surface area contributed by atoms with E-state index in [1.807, 2.05) is 6.92 Å². The van der Waals surface area contributed by atoms with E-state index >= 15 is 0 Å². The number of benzene rings is 2. The first kappa shape index (κ1) is 17.4. The Morgan fingerprint density at radius 2 is 1.76 bits per heavy atom. The zero-order valence-corrected chi connectivity index (χ0v) is 14.1. The number of hydrogen-bond donors (Lipinski definition) is 0. The molecule has 1 amide bonds. The average molecular weight is 345 g/mol. The first-order chi connectivity index (χ1) is 12.1. The van der Waals surface area contributed by atoms with Crippen molar-refractivity contribution in [2.45, 2.75) is 38.3 Å². The van der Waals surface area contributed by atoms with E-state index in [1.54, 1.807) is 35.2 Å². The molecule has 1 saturated carbocycles. The van der Waals surface area contributed by atoms with Crippen molar-refractivity contribution in [3.8, 4) is 5.75 Å². The SMILES string of the molecule is CC(c1ccccc1F)N(C(=O)CCOc1ccccc1F)C1CC1. The minimum atomic E-state index is -0.450. The van der Waals surface area contributed by atoms with Crippen molar-refractivity contribution in [1.29, 1.82) is 0 Å². The molecule has 25 heavy (non-hydrogen) atoms. The van der Waals surface area contributed by atoms with E-state index in [0.717, 1.165) is 12.8 Å². The van der Waals surface area contributed by atoms with Gasteiger partial charge in [-0.05, 0) is 38.0 Å². The van der Waals surface area contributed by atoms with Crippen molar-refractivity contribution in [2.24, 2.45) is 0 Å². The highest BCUT2D eigenvalue weighted by Gasteiger charge is 2.36. The second kappa shape index (κ2) is 7.64. The highest BCUT2D eigenvalue weighted by Crippen LogP contribution is 2.35. The summed E-state index contributed by atoms with van der Waals surface area (Å²) < 4.78 is 33.0. The summed E-state index contributed by atoms with van der Waals surface area (Å²) in [7, 11) is 0. The molecule has 2 aromatic carbocycles. The molecule has 3 rings (SSSR count). The summed E-state index contributed by atoms with van der Waals surface area (Å²) in [5.74, 6) is -0.727. The van der Waals surface area contributed by atoms with Crippen LogP contribution in [-0.2, 0) is 4.79 Å². The number of hydrogen-bond acceptors (Lipinski definition) is 2. The molecule has 0 heterocycles. The third-order valence-corrected chi connectivity index (χ3v) is 4.41. The van der Waals surface area contributed by atoms with Crippen LogP contribution >= 0.6 is 0 Å². The number of halogens is 2. The van der Waals surface area contributed by atoms with E-state index < -0.39 is 5.82 Å². The summed E-state index contributed by atoms with van der Waals surface area (Å²) in [6.07, 6.45) is 1.99. The van der Waals surface area contributed by atoms with Crippen molar-refractivity contribution in [2.75, 3.05) is 6.61 Å². The minimum absolute atomic E-state index is 0.0903. The summed E-state index contributed by atoms with van der Waals surface area (Å²) in [5, 5.41) is 0. The van der Waals surface area contributed by atoms with Crippen LogP contribution in [0.15, 0.2) is 48.5 Å². The molecule has 132 valence electrons. The van der Waals surface area contributed by atoms with Crippen molar-refractivity contribution in [3.05, 3.63) is 65.7 Å². The van der Waals surface area contributed by atoms with Gasteiger partial charge < -0.3 is 9.64 Å². The monoisotopic (exact) mass is 345 g/mol. The number of carbonyl (C=O) groups is 1. The summed E-state index contributed by atoms with van der Waals surface area (Å²) in [6.45, 7) is 1.93. The standard InChI is InChI=1S/C20H21F2NO2/c1-14(16-6-2-3-7-17(16)21)23(15-10-11-15)20(24)12-13-25-19-9-5-4-8-18(19)22/h2-9,14-15H,10-13H2,1H3. The van der Waals surface area contributed by atoms with Crippen molar-refractivity contribution < 1.29 is 18.3 Å². The molecule has 2 aromatic rings. The Bertz CT molecular complexity index is 746. The Kier molecular flexibility index (Phi) is 5.31. The molecular formula is C20H21F2NO2. The Morgan fingerprint density at radius 1 is 1.12 bits per heavy atom. The van der Waals surface area contributed by atoms with Gasteiger partial charge in [-0.25, -0.2) is 8.78 Å². The van der Waals surface area contributed by atoms with Crippen LogP contribution in [0.4, 0.5) is 8.78 Å². The van der Waals surface area contributed by atoms with Gasteiger partial charge in [0, 0.05) is 11.6 Å². The lowest BCUT2D eigenvalue weighted by molar-refractivity contribution is -0.134. The van der Waals surface area contributed by atoms with Crippen LogP contribution in [0.25, 0.3) is 0 Å². The van der Waals surface area contributed by atoms with Crippen LogP contribution in [0.3, 0.4) is 0 Å². The molecule has 0 aromatic heterocycles. The van der Waals surface area contributed by atoms with Crippen LogP contribution in [0.5, 0.6) is 5.75 Å². The van der Waals surface area contributed by atoms with Gasteiger partial charge in [0.05, 0.1) is 19.1 Å². The zero-order chi connectivity index (χ0) is 17.8. The van der Waals surface area contributed by atoms with E-state index in [9.17, 15) is 13.6 Å². The number of nitrogens with zero attached hydrogens (tertiary/aromatic N) is 1. The Labute approximate surface area is 146 Å². The highest BCUT2D eigenvalue weighted by atomic mass is 19.1. The topological polar surface area (TPSA) is 29.5 Å². The van der Waals surface area contributed by atoms with Gasteiger partial charge >= 0.3 is 0 Å². The van der Waals surface area contributed by atoms with Gasteiger partial charge in [-0.15, -0.1) is 0 Å². The van der Waals surface area contributed by atoms with Gasteiger partial charge in [-0.2, -0.15) is 0 Å². The third-order valence-electron chi connectivity index (χ3n) is 4.41. The Hall–Kier alpha value is -2.43. The number of ether oxygens (including phenoxy) is 1. The summed E-state index contributed by atoms with van der Waals surface area (Å²) in [6, 6.07) is 12.4. The number of rotatable bonds is 7. The van der Waals surface area contributed by atoms with E-state index in [0.29, 0.717) is 5.56 Å². The van der Waals surface area contributed by atoms with E-state index in [2.05, 4.69) is 0 Å². The second-order valence-electron chi connectivity index (χ2n) is 6.26. The molecule has 1 unspecified atom stereocenters. The fourth-order valence-electron chi connectivity index (χ4n) is 2.99. The fraction of sp³-hybridized carbons (Fsp3) is 0.350. The van der Waals surface area contributed by atoms with Crippen LogP contribution in [-0.4, -0.2) is 23.5 Å². The van der Waals surface area contributed by atoms with Gasteiger partial charge in [-0.1, -0.05) is 30.3 Å². The Morgan fingerprint density at radius 3 is 2.40 bits per heavy atom. The maximum Gasteiger partial charge on any atom is 0.226 e. The van der Waals surface area contributed by atoms with Crippen molar-refractivity contribution >= 4 is 5.91 Å². The number of para-hydroxylation sites is 1. The molecule has 0 spiro atoms. The van der Waals surface area contributed by atoms with Crippen LogP contribution < -0.4 is 4.74 Å². The fourth-order valence-corrected chi connectivity index (χ4v) is 2.99. The van der Waals surface area contributed by atoms with Crippen molar-refractivity contribution in [3.63, 3.8) is 0 Å². The maximum absolute atomic E-state index is 14.1. The largest absolute Gasteiger partial charge is 0.490 e. The first-order valence-electron chi connectivity index (χ1n) is 8.51. The smallest absolute Gasteiger partial charge is 0.226 e. The molecule has 0 N–H and O–H groups in total. The Balaban J connectivity index is 1.64. The van der Waals surface area contributed by atoms with E-state index in [1.165, 1.54) is 18.2 Å². The van der Waals surface area contributed by atoms with Crippen molar-refractivity contribution in [1.82, 2.24) is 4.90 Å². The van der Waals surface area contributed by atoms with Gasteiger partial charge in [0.1, 0.15) is 5.82 Å². The lowest BCUT2D eigenvalue weighted by atomic mass is 10.1. The number of amides is 1. The lowest BCUT2D eigenvalue weighted by Crippen LogP contribution is -2.36. The van der Waals surface area contributed by atoms with E-state index in [4.69, 9.17) is 4.74 Å². The van der Waals surface area contributed by atoms with Gasteiger partial charge in [-0.3, -0.25) is 4.79 Å². The molecule has 1 fully saturated rings. The molecule has 1 atom stereocenters. The van der Waals surface area contributed by atoms with Crippen LogP contribution in [0, 0.1) is 11.6 Å². The van der Waals surface area contributed by atoms with Crippen LogP contribution in [0.2, 0.25) is 0 Å². The molecule has 5 heteroatoms. The molecule has 0 bridgehead atoms. The maximum atomic E-state index is 14.1. The van der Waals surface area contributed by atoms with Gasteiger partial charge in [0.15, 0.2) is 11.6 Å². The van der Waals surface area contributed by atoms with Gasteiger partial charge in [0.25, 0.3) is 0 Å². The average Bonchev–Trinajstić information content (AvgIpc) is 3.42. The number of carbonyl (C=O) groups excluding carboxylic acids is 1. The molecule has 1 aliphatic rings. The third kappa shape index (κ3) is 4.16. The summed E-state index contributed by atoms with van der Waals surface area (Å²) >= 11 is 0. The predicted molar refractivity (Wildman–Crippen MR) is 91.2 cm³/mol. The van der Waals surface area contributed by atoms with Crippen LogP contribution in [0.1, 0.15) is 37.8 Å². The molecule has 3 nitrogen and oxygen atoms in total. The van der Waals surface area contributed by atoms with Gasteiger partial charge in [0.2, 0.25) is 5.91 Å². The van der Waals surface area contributed by atoms with E-state index in [-0.39, 0.29) is 42.6 Å². The highest BCUT2D eigenvalue weighted by molar-refractivity contribution is 5.77. The first-order valence-corrected chi connectivity index (χ1v) is 8.51. The lowest BCUT2D eigenvalue weighted by Gasteiger charge is -2.30. The molecule has 1 aliphatic carbocycles. The zero-order valence-electron chi connectivity index (χ0n) is 14.1.